The van der Waals surface area contributed by atoms with Crippen molar-refractivity contribution in [2.45, 2.75) is 83.5 Å². The van der Waals surface area contributed by atoms with Gasteiger partial charge in [-0.1, -0.05) is 12.1 Å². The zero-order chi connectivity index (χ0) is 37.4. The van der Waals surface area contributed by atoms with Gasteiger partial charge in [-0.3, -0.25) is 9.59 Å². The van der Waals surface area contributed by atoms with Crippen LogP contribution in [0.2, 0.25) is 0 Å². The van der Waals surface area contributed by atoms with Crippen molar-refractivity contribution < 1.29 is 62.6 Å². The van der Waals surface area contributed by atoms with E-state index in [0.29, 0.717) is 19.9 Å². The van der Waals surface area contributed by atoms with Gasteiger partial charge in [0.15, 0.2) is 12.3 Å². The minimum Gasteiger partial charge on any atom is -0.471 e. The Morgan fingerprint density at radius 1 is 0.960 bits per heavy atom. The van der Waals surface area contributed by atoms with Crippen molar-refractivity contribution in [2.24, 2.45) is 18.4 Å². The van der Waals surface area contributed by atoms with Gasteiger partial charge < -0.3 is 19.9 Å². The van der Waals surface area contributed by atoms with Crippen LogP contribution in [0.1, 0.15) is 72.4 Å². The molecule has 2 heterocycles. The second-order valence-corrected chi connectivity index (χ2v) is 12.5. The molecule has 2 N–H and O–H groups in total. The molecule has 0 spiro atoms. The number of nitrogens with one attached hydrogen (secondary N) is 2. The Kier molecular flexibility index (Phi) is 11.0. The van der Waals surface area contributed by atoms with E-state index in [1.807, 2.05) is 0 Å². The molecule has 50 heavy (non-hydrogen) atoms. The monoisotopic (exact) mass is 731 g/mol. The third kappa shape index (κ3) is 8.75. The number of hydrogen-bond donors (Lipinski definition) is 2. The molecular formula is C31H32F11N5O3. The first-order chi connectivity index (χ1) is 23.0. The molecule has 0 bridgehead atoms. The number of carbonyl (C=O) groups excluding carboxylic acids is 2. The highest BCUT2D eigenvalue weighted by Crippen LogP contribution is 2.39. The highest BCUT2D eigenvalue weighted by Gasteiger charge is 2.52. The summed E-state index contributed by atoms with van der Waals surface area (Å²) in [5.41, 5.74) is -4.72. The molecule has 4 rings (SSSR count). The maximum absolute atomic E-state index is 14.0. The van der Waals surface area contributed by atoms with Crippen LogP contribution < -0.4 is 15.4 Å². The van der Waals surface area contributed by atoms with Gasteiger partial charge in [0.1, 0.15) is 22.3 Å². The Hall–Kier alpha value is -4.19. The van der Waals surface area contributed by atoms with Gasteiger partial charge in [0.05, 0.1) is 11.5 Å². The molecule has 3 aromatic rings. The zero-order valence-corrected chi connectivity index (χ0v) is 26.7. The van der Waals surface area contributed by atoms with E-state index in [4.69, 9.17) is 4.74 Å². The third-order valence-electron chi connectivity index (χ3n) is 8.57. The molecule has 276 valence electrons. The number of aryl methyl sites for hydroxylation is 1. The van der Waals surface area contributed by atoms with E-state index in [2.05, 4.69) is 20.6 Å². The van der Waals surface area contributed by atoms with E-state index in [1.54, 1.807) is 0 Å². The minimum atomic E-state index is -4.89. The number of halogens is 11. The van der Waals surface area contributed by atoms with E-state index < -0.39 is 85.2 Å². The average Bonchev–Trinajstić information content (AvgIpc) is 3.30. The summed E-state index contributed by atoms with van der Waals surface area (Å²) >= 11 is 0. The summed E-state index contributed by atoms with van der Waals surface area (Å²) in [5, 5.41) is 4.65. The number of amides is 2. The second-order valence-electron chi connectivity index (χ2n) is 12.5. The molecule has 1 aliphatic carbocycles. The summed E-state index contributed by atoms with van der Waals surface area (Å²) in [6.07, 6.45) is -18.1. The standard InChI is InChI=1S/C31H32F11N5O3/c1-28(2,31(40,41)42)27(49)43-13-15-4-9-20(30(37,38)39)16(10-15)11-23-45-21-12-19(26(50-14-22(32)33)46-24(21)47(23)3)25(48)44-18-7-5-17(6-8-18)29(34,35)36/h4,9-10,12,17-18,22H,5-8,11,13-14H2,1-3H3,(H,43,49)(H,44,48). The van der Waals surface area contributed by atoms with Gasteiger partial charge >= 0.3 is 18.5 Å². The van der Waals surface area contributed by atoms with Crippen LogP contribution in [0.15, 0.2) is 24.3 Å². The van der Waals surface area contributed by atoms with Gasteiger partial charge in [0.2, 0.25) is 11.8 Å². The Labute approximate surface area is 277 Å². The Balaban J connectivity index is 1.64. The summed E-state index contributed by atoms with van der Waals surface area (Å²) in [4.78, 5) is 33.8. The van der Waals surface area contributed by atoms with Gasteiger partial charge in [-0.15, -0.1) is 0 Å². The summed E-state index contributed by atoms with van der Waals surface area (Å²) in [5.74, 6) is -4.44. The number of carbonyl (C=O) groups is 2. The lowest BCUT2D eigenvalue weighted by atomic mass is 9.85. The first-order valence-electron chi connectivity index (χ1n) is 15.2. The van der Waals surface area contributed by atoms with Gasteiger partial charge in [-0.05, 0) is 62.8 Å². The number of benzene rings is 1. The Bertz CT molecular complexity index is 1710. The Morgan fingerprint density at radius 2 is 1.60 bits per heavy atom. The molecule has 1 aromatic carbocycles. The van der Waals surface area contributed by atoms with Crippen molar-refractivity contribution >= 4 is 23.0 Å². The summed E-state index contributed by atoms with van der Waals surface area (Å²) in [6, 6.07) is 3.18. The normalized spacial score (nSPS) is 17.7. The summed E-state index contributed by atoms with van der Waals surface area (Å²) in [6.45, 7) is -0.406. The lowest BCUT2D eigenvalue weighted by Gasteiger charge is -2.30. The third-order valence-corrected chi connectivity index (χ3v) is 8.57. The van der Waals surface area contributed by atoms with Crippen molar-refractivity contribution in [2.75, 3.05) is 6.61 Å². The first-order valence-corrected chi connectivity index (χ1v) is 15.2. The van der Waals surface area contributed by atoms with Crippen LogP contribution >= 0.6 is 0 Å². The second kappa shape index (κ2) is 14.2. The van der Waals surface area contributed by atoms with Crippen LogP contribution in [0.3, 0.4) is 0 Å². The molecular weight excluding hydrogens is 699 g/mol. The van der Waals surface area contributed by atoms with Crippen molar-refractivity contribution in [1.82, 2.24) is 25.2 Å². The largest absolute Gasteiger partial charge is 0.471 e. The van der Waals surface area contributed by atoms with Crippen LogP contribution in [-0.4, -0.2) is 57.8 Å². The number of rotatable bonds is 10. The van der Waals surface area contributed by atoms with Gasteiger partial charge in [-0.2, -0.15) is 44.5 Å². The zero-order valence-electron chi connectivity index (χ0n) is 26.7. The predicted molar refractivity (Wildman–Crippen MR) is 155 cm³/mol. The topological polar surface area (TPSA) is 98.1 Å². The van der Waals surface area contributed by atoms with Crippen LogP contribution in [0.4, 0.5) is 48.3 Å². The summed E-state index contributed by atoms with van der Waals surface area (Å²) in [7, 11) is 1.35. The molecule has 1 aliphatic rings. The number of imidazole rings is 1. The maximum atomic E-state index is 14.0. The molecule has 2 amide bonds. The van der Waals surface area contributed by atoms with Crippen molar-refractivity contribution in [3.8, 4) is 5.88 Å². The van der Waals surface area contributed by atoms with Crippen molar-refractivity contribution in [3.63, 3.8) is 0 Å². The number of fused-ring (bicyclic) bond motifs is 1. The summed E-state index contributed by atoms with van der Waals surface area (Å²) < 4.78 is 153. The van der Waals surface area contributed by atoms with Gasteiger partial charge in [0, 0.05) is 26.1 Å². The first kappa shape index (κ1) is 38.6. The molecule has 0 unspecified atom stereocenters. The van der Waals surface area contributed by atoms with Crippen LogP contribution in [0.25, 0.3) is 11.2 Å². The molecule has 1 saturated carbocycles. The van der Waals surface area contributed by atoms with E-state index in [9.17, 15) is 57.9 Å². The highest BCUT2D eigenvalue weighted by atomic mass is 19.4. The molecule has 0 radical (unpaired) electrons. The number of hydrogen-bond acceptors (Lipinski definition) is 5. The number of aromatic nitrogens is 3. The Morgan fingerprint density at radius 3 is 2.16 bits per heavy atom. The molecule has 0 aliphatic heterocycles. The fourth-order valence-electron chi connectivity index (χ4n) is 5.43. The van der Waals surface area contributed by atoms with E-state index in [-0.39, 0.29) is 59.4 Å². The number of alkyl halides is 11. The highest BCUT2D eigenvalue weighted by molar-refractivity contribution is 5.99. The van der Waals surface area contributed by atoms with Crippen LogP contribution in [0.5, 0.6) is 5.88 Å². The molecule has 1 fully saturated rings. The van der Waals surface area contributed by atoms with Crippen LogP contribution in [-0.2, 0) is 31.0 Å². The minimum absolute atomic E-state index is 0.00305. The number of pyridine rings is 1. The average molecular weight is 732 g/mol. The molecule has 0 saturated heterocycles. The lowest BCUT2D eigenvalue weighted by Crippen LogP contribution is -2.46. The van der Waals surface area contributed by atoms with E-state index in [0.717, 1.165) is 18.2 Å². The van der Waals surface area contributed by atoms with Gasteiger partial charge in [0.25, 0.3) is 12.3 Å². The van der Waals surface area contributed by atoms with E-state index >= 15 is 0 Å². The molecule has 19 heteroatoms. The number of ether oxygens (including phenoxy) is 1. The molecule has 0 atom stereocenters. The van der Waals surface area contributed by atoms with E-state index in [1.165, 1.54) is 11.6 Å². The quantitative estimate of drug-likeness (QED) is 0.214. The fourth-order valence-corrected chi connectivity index (χ4v) is 5.43. The number of nitrogens with zero attached hydrogens (tertiary/aromatic N) is 3. The fraction of sp³-hybridized carbons (Fsp3) is 0.548. The SMILES string of the molecule is Cn1c(Cc2cc(CNC(=O)C(C)(C)C(F)(F)F)ccc2C(F)(F)F)nc2cc(C(=O)NC3CCC(C(F)(F)F)CC3)c(OCC(F)F)nc21. The predicted octanol–water partition coefficient (Wildman–Crippen LogP) is 7.28. The smallest absolute Gasteiger partial charge is 0.416 e. The molecule has 8 nitrogen and oxygen atoms in total. The molecule has 2 aromatic heterocycles. The van der Waals surface area contributed by atoms with Crippen molar-refractivity contribution in [1.29, 1.82) is 0 Å². The van der Waals surface area contributed by atoms with Crippen LogP contribution in [0, 0.1) is 11.3 Å². The maximum Gasteiger partial charge on any atom is 0.416 e. The van der Waals surface area contributed by atoms with Gasteiger partial charge in [-0.25, -0.2) is 13.8 Å². The lowest BCUT2D eigenvalue weighted by molar-refractivity contribution is -0.211. The van der Waals surface area contributed by atoms with Crippen molar-refractivity contribution in [3.05, 3.63) is 52.3 Å².